The van der Waals surface area contributed by atoms with E-state index in [9.17, 15) is 9.59 Å². The molecule has 8 heteroatoms. The van der Waals surface area contributed by atoms with Gasteiger partial charge in [0.25, 0.3) is 5.56 Å². The number of nitrogens with zero attached hydrogens (tertiary/aromatic N) is 3. The summed E-state index contributed by atoms with van der Waals surface area (Å²) in [6.45, 7) is 5.78. The number of aromatic nitrogens is 2. The summed E-state index contributed by atoms with van der Waals surface area (Å²) in [5, 5.41) is 1.01. The highest BCUT2D eigenvalue weighted by Crippen LogP contribution is 2.36. The SMILES string of the molecule is COc1ccc(-n2c(S[C@@H](C)C(=O)N3CCC(C)CC3)nc3sc4c(c3c2=O)CCCC4)cc1. The molecule has 5 rings (SSSR count). The van der Waals surface area contributed by atoms with Gasteiger partial charge in [-0.2, -0.15) is 0 Å². The van der Waals surface area contributed by atoms with Gasteiger partial charge < -0.3 is 9.64 Å². The van der Waals surface area contributed by atoms with E-state index in [1.54, 1.807) is 23.0 Å². The van der Waals surface area contributed by atoms with Gasteiger partial charge in [-0.15, -0.1) is 11.3 Å². The summed E-state index contributed by atoms with van der Waals surface area (Å²) in [5.74, 6) is 1.52. The number of carbonyl (C=O) groups is 1. The zero-order valence-corrected chi connectivity index (χ0v) is 21.6. The van der Waals surface area contributed by atoms with Gasteiger partial charge in [0.15, 0.2) is 5.16 Å². The van der Waals surface area contributed by atoms with E-state index >= 15 is 0 Å². The van der Waals surface area contributed by atoms with E-state index < -0.39 is 0 Å². The molecule has 2 aromatic heterocycles. The molecule has 1 fully saturated rings. The van der Waals surface area contributed by atoms with E-state index in [4.69, 9.17) is 9.72 Å². The van der Waals surface area contributed by atoms with Gasteiger partial charge in [-0.3, -0.25) is 14.2 Å². The summed E-state index contributed by atoms with van der Waals surface area (Å²) >= 11 is 3.04. The topological polar surface area (TPSA) is 64.4 Å². The van der Waals surface area contributed by atoms with Gasteiger partial charge in [-0.05, 0) is 81.2 Å². The maximum atomic E-state index is 13.9. The third-order valence-electron chi connectivity index (χ3n) is 7.01. The minimum atomic E-state index is -0.322. The number of rotatable bonds is 5. The number of likely N-dealkylation sites (tertiary alicyclic amines) is 1. The van der Waals surface area contributed by atoms with Gasteiger partial charge in [-0.25, -0.2) is 4.98 Å². The molecule has 1 amide bonds. The van der Waals surface area contributed by atoms with Crippen molar-refractivity contribution in [1.29, 1.82) is 0 Å². The molecule has 180 valence electrons. The van der Waals surface area contributed by atoms with Gasteiger partial charge in [0.05, 0.1) is 23.4 Å². The zero-order valence-electron chi connectivity index (χ0n) is 20.0. The van der Waals surface area contributed by atoms with Crippen molar-refractivity contribution in [2.24, 2.45) is 5.92 Å². The summed E-state index contributed by atoms with van der Waals surface area (Å²) in [6.07, 6.45) is 6.31. The number of aryl methyl sites for hydroxylation is 2. The number of ether oxygens (including phenoxy) is 1. The lowest BCUT2D eigenvalue weighted by Crippen LogP contribution is -2.42. The van der Waals surface area contributed by atoms with Gasteiger partial charge in [0.1, 0.15) is 10.6 Å². The van der Waals surface area contributed by atoms with Crippen molar-refractivity contribution in [3.63, 3.8) is 0 Å². The van der Waals surface area contributed by atoms with Crippen molar-refractivity contribution in [1.82, 2.24) is 14.5 Å². The van der Waals surface area contributed by atoms with E-state index in [0.717, 1.165) is 73.3 Å². The molecule has 0 bridgehead atoms. The van der Waals surface area contributed by atoms with E-state index in [0.29, 0.717) is 11.1 Å². The van der Waals surface area contributed by atoms with Crippen LogP contribution < -0.4 is 10.3 Å². The third kappa shape index (κ3) is 4.38. The fourth-order valence-corrected chi connectivity index (χ4v) is 7.23. The van der Waals surface area contributed by atoms with E-state index in [-0.39, 0.29) is 16.7 Å². The summed E-state index contributed by atoms with van der Waals surface area (Å²) in [7, 11) is 1.63. The highest BCUT2D eigenvalue weighted by Gasteiger charge is 2.28. The lowest BCUT2D eigenvalue weighted by atomic mass is 9.97. The lowest BCUT2D eigenvalue weighted by Gasteiger charge is -2.32. The number of methoxy groups -OCH3 is 1. The Labute approximate surface area is 208 Å². The molecule has 1 aliphatic heterocycles. The minimum Gasteiger partial charge on any atom is -0.497 e. The fraction of sp³-hybridized carbons (Fsp3) is 0.500. The Balaban J connectivity index is 1.56. The van der Waals surface area contributed by atoms with Crippen LogP contribution in [-0.2, 0) is 17.6 Å². The smallest absolute Gasteiger partial charge is 0.267 e. The van der Waals surface area contributed by atoms with Crippen LogP contribution >= 0.6 is 23.1 Å². The van der Waals surface area contributed by atoms with Crippen molar-refractivity contribution in [2.45, 2.75) is 62.8 Å². The van der Waals surface area contributed by atoms with E-state index in [1.807, 2.05) is 36.1 Å². The second-order valence-corrected chi connectivity index (χ2v) is 11.8. The molecule has 0 saturated carbocycles. The van der Waals surface area contributed by atoms with E-state index in [2.05, 4.69) is 6.92 Å². The molecule has 1 atom stereocenters. The Morgan fingerprint density at radius 1 is 1.18 bits per heavy atom. The van der Waals surface area contributed by atoms with Crippen LogP contribution in [0.25, 0.3) is 15.9 Å². The van der Waals surface area contributed by atoms with Gasteiger partial charge in [0, 0.05) is 18.0 Å². The average Bonchev–Trinajstić information content (AvgIpc) is 3.23. The first kappa shape index (κ1) is 23.4. The highest BCUT2D eigenvalue weighted by molar-refractivity contribution is 8.00. The molecule has 0 radical (unpaired) electrons. The van der Waals surface area contributed by atoms with Crippen molar-refractivity contribution in [2.75, 3.05) is 20.2 Å². The molecular weight excluding hydrogens is 466 g/mol. The molecule has 34 heavy (non-hydrogen) atoms. The van der Waals surface area contributed by atoms with Crippen molar-refractivity contribution < 1.29 is 9.53 Å². The number of piperidine rings is 1. The summed E-state index contributed by atoms with van der Waals surface area (Å²) in [6, 6.07) is 7.48. The number of benzene rings is 1. The predicted octanol–water partition coefficient (Wildman–Crippen LogP) is 5.07. The number of hydrogen-bond donors (Lipinski definition) is 0. The second-order valence-electron chi connectivity index (χ2n) is 9.39. The maximum absolute atomic E-state index is 13.9. The largest absolute Gasteiger partial charge is 0.497 e. The standard InChI is InChI=1S/C26H31N3O3S2/c1-16-12-14-28(15-13-16)24(30)17(2)33-26-27-23-22(20-6-4-5-7-21(20)34-23)25(31)29(26)18-8-10-19(32-3)11-9-18/h8-11,16-17H,4-7,12-15H2,1-3H3/t17-/m0/s1. The van der Waals surface area contributed by atoms with Gasteiger partial charge >= 0.3 is 0 Å². The molecule has 3 aromatic rings. The van der Waals surface area contributed by atoms with Crippen molar-refractivity contribution in [3.8, 4) is 11.4 Å². The first-order valence-corrected chi connectivity index (χ1v) is 13.8. The monoisotopic (exact) mass is 497 g/mol. The van der Waals surface area contributed by atoms with Crippen LogP contribution in [0.3, 0.4) is 0 Å². The summed E-state index contributed by atoms with van der Waals surface area (Å²) in [5.41, 5.74) is 1.88. The first-order chi connectivity index (χ1) is 16.5. The molecule has 1 saturated heterocycles. The molecular formula is C26H31N3O3S2. The molecule has 0 N–H and O–H groups in total. The van der Waals surface area contributed by atoms with Crippen LogP contribution in [0.15, 0.2) is 34.2 Å². The van der Waals surface area contributed by atoms with Crippen LogP contribution in [0.5, 0.6) is 5.75 Å². The summed E-state index contributed by atoms with van der Waals surface area (Å²) < 4.78 is 7.00. The molecule has 2 aliphatic rings. The van der Waals surface area contributed by atoms with Crippen LogP contribution in [0.2, 0.25) is 0 Å². The summed E-state index contributed by atoms with van der Waals surface area (Å²) in [4.78, 5) is 36.2. The van der Waals surface area contributed by atoms with Crippen LogP contribution in [-0.4, -0.2) is 45.8 Å². The number of thiophene rings is 1. The van der Waals surface area contributed by atoms with E-state index in [1.165, 1.54) is 22.2 Å². The van der Waals surface area contributed by atoms with Crippen molar-refractivity contribution in [3.05, 3.63) is 45.1 Å². The fourth-order valence-electron chi connectivity index (χ4n) is 4.92. The Kier molecular flexibility index (Phi) is 6.71. The Morgan fingerprint density at radius 2 is 1.88 bits per heavy atom. The van der Waals surface area contributed by atoms with Crippen LogP contribution in [0.1, 0.15) is 50.0 Å². The highest BCUT2D eigenvalue weighted by atomic mass is 32.2. The molecule has 3 heterocycles. The Bertz CT molecular complexity index is 1260. The second kappa shape index (κ2) is 9.74. The number of fused-ring (bicyclic) bond motifs is 3. The lowest BCUT2D eigenvalue weighted by molar-refractivity contribution is -0.131. The Hall–Kier alpha value is -2.32. The van der Waals surface area contributed by atoms with Crippen LogP contribution in [0.4, 0.5) is 0 Å². The predicted molar refractivity (Wildman–Crippen MR) is 139 cm³/mol. The number of hydrogen-bond acceptors (Lipinski definition) is 6. The molecule has 1 aliphatic carbocycles. The van der Waals surface area contributed by atoms with Crippen LogP contribution in [0, 0.1) is 5.92 Å². The minimum absolute atomic E-state index is 0.0384. The third-order valence-corrected chi connectivity index (χ3v) is 9.24. The normalized spacial score (nSPS) is 17.6. The zero-order chi connectivity index (χ0) is 23.8. The van der Waals surface area contributed by atoms with Gasteiger partial charge in [0.2, 0.25) is 5.91 Å². The molecule has 0 spiro atoms. The Morgan fingerprint density at radius 3 is 2.59 bits per heavy atom. The number of carbonyl (C=O) groups excluding carboxylic acids is 1. The quantitative estimate of drug-likeness (QED) is 0.364. The van der Waals surface area contributed by atoms with Crippen molar-refractivity contribution >= 4 is 39.2 Å². The van der Waals surface area contributed by atoms with Gasteiger partial charge in [-0.1, -0.05) is 18.7 Å². The molecule has 6 nitrogen and oxygen atoms in total. The maximum Gasteiger partial charge on any atom is 0.267 e. The average molecular weight is 498 g/mol. The molecule has 1 aromatic carbocycles. The molecule has 0 unspecified atom stereocenters. The number of amides is 1. The first-order valence-electron chi connectivity index (χ1n) is 12.1. The number of thioether (sulfide) groups is 1.